The van der Waals surface area contributed by atoms with E-state index in [0.29, 0.717) is 11.3 Å². The highest BCUT2D eigenvalue weighted by atomic mass is 16.4. The van der Waals surface area contributed by atoms with E-state index in [1.165, 1.54) is 6.42 Å². The molecule has 0 unspecified atom stereocenters. The summed E-state index contributed by atoms with van der Waals surface area (Å²) in [6, 6.07) is 0. The minimum Gasteiger partial charge on any atom is -0.481 e. The lowest BCUT2D eigenvalue weighted by Gasteiger charge is -2.50. The summed E-state index contributed by atoms with van der Waals surface area (Å²) in [7, 11) is 0. The molecule has 1 saturated carbocycles. The lowest BCUT2D eigenvalue weighted by Crippen LogP contribution is -2.54. The maximum Gasteiger partial charge on any atom is 0.303 e. The molecule has 0 amide bonds. The third-order valence-corrected chi connectivity index (χ3v) is 5.82. The summed E-state index contributed by atoms with van der Waals surface area (Å²) in [5.41, 5.74) is 6.01. The lowest BCUT2D eigenvalue weighted by molar-refractivity contribution is -0.142. The van der Waals surface area contributed by atoms with Crippen LogP contribution in [0.1, 0.15) is 73.1 Å². The summed E-state index contributed by atoms with van der Waals surface area (Å²) in [4.78, 5) is 11.2. The Morgan fingerprint density at radius 1 is 1.26 bits per heavy atom. The van der Waals surface area contributed by atoms with Gasteiger partial charge in [-0.1, -0.05) is 27.2 Å². The van der Waals surface area contributed by atoms with Crippen LogP contribution in [0.5, 0.6) is 0 Å². The number of hydrogen-bond donors (Lipinski definition) is 2. The maximum absolute atomic E-state index is 11.2. The van der Waals surface area contributed by atoms with E-state index in [4.69, 9.17) is 5.73 Å². The molecule has 1 rings (SSSR count). The fraction of sp³-hybridized carbons (Fsp3) is 0.938. The molecule has 0 heterocycles. The molecule has 1 fully saturated rings. The molecule has 0 spiro atoms. The predicted molar refractivity (Wildman–Crippen MR) is 79.0 cm³/mol. The summed E-state index contributed by atoms with van der Waals surface area (Å²) in [6.07, 6.45) is 5.47. The van der Waals surface area contributed by atoms with Gasteiger partial charge in [-0.3, -0.25) is 4.79 Å². The molecule has 1 aliphatic rings. The van der Waals surface area contributed by atoms with E-state index in [1.54, 1.807) is 0 Å². The van der Waals surface area contributed by atoms with Crippen LogP contribution in [0.15, 0.2) is 0 Å². The largest absolute Gasteiger partial charge is 0.481 e. The molecule has 3 nitrogen and oxygen atoms in total. The Bertz CT molecular complexity index is 320. The van der Waals surface area contributed by atoms with Crippen molar-refractivity contribution < 1.29 is 9.90 Å². The minimum absolute atomic E-state index is 0.204. The van der Waals surface area contributed by atoms with E-state index in [9.17, 15) is 9.90 Å². The summed E-state index contributed by atoms with van der Waals surface area (Å²) in [5.74, 6) is -0.0199. The van der Waals surface area contributed by atoms with Gasteiger partial charge in [-0.2, -0.15) is 0 Å². The topological polar surface area (TPSA) is 63.3 Å². The highest BCUT2D eigenvalue weighted by Gasteiger charge is 2.47. The third-order valence-electron chi connectivity index (χ3n) is 5.82. The van der Waals surface area contributed by atoms with Crippen molar-refractivity contribution >= 4 is 5.97 Å². The Kier molecular flexibility index (Phi) is 4.71. The van der Waals surface area contributed by atoms with Crippen LogP contribution in [0.2, 0.25) is 0 Å². The Hall–Kier alpha value is -0.570. The molecule has 0 bridgehead atoms. The van der Waals surface area contributed by atoms with Gasteiger partial charge in [0, 0.05) is 5.54 Å². The third kappa shape index (κ3) is 3.50. The van der Waals surface area contributed by atoms with Crippen molar-refractivity contribution in [2.24, 2.45) is 22.5 Å². The summed E-state index contributed by atoms with van der Waals surface area (Å²) in [6.45, 7) is 10.9. The first-order chi connectivity index (χ1) is 8.54. The number of nitrogens with two attached hydrogens (primary N) is 1. The van der Waals surface area contributed by atoms with Gasteiger partial charge < -0.3 is 10.8 Å². The van der Waals surface area contributed by atoms with Gasteiger partial charge in [0.2, 0.25) is 0 Å². The first-order valence-corrected chi connectivity index (χ1v) is 7.55. The fourth-order valence-corrected chi connectivity index (χ4v) is 3.58. The number of aliphatic carboxylic acids is 1. The summed E-state index contributed by atoms with van der Waals surface area (Å²) < 4.78 is 0. The number of rotatable bonds is 5. The van der Waals surface area contributed by atoms with Gasteiger partial charge in [0.15, 0.2) is 0 Å². The van der Waals surface area contributed by atoms with E-state index in [2.05, 4.69) is 20.8 Å². The van der Waals surface area contributed by atoms with Crippen molar-refractivity contribution in [1.82, 2.24) is 0 Å². The predicted octanol–water partition coefficient (Wildman–Crippen LogP) is 3.81. The van der Waals surface area contributed by atoms with Gasteiger partial charge in [0.25, 0.3) is 0 Å². The molecule has 3 N–H and O–H groups in total. The monoisotopic (exact) mass is 269 g/mol. The zero-order valence-corrected chi connectivity index (χ0v) is 13.3. The van der Waals surface area contributed by atoms with Gasteiger partial charge in [-0.25, -0.2) is 0 Å². The van der Waals surface area contributed by atoms with E-state index in [-0.39, 0.29) is 11.8 Å². The molecule has 1 aliphatic carbocycles. The van der Waals surface area contributed by atoms with Crippen molar-refractivity contribution in [3.63, 3.8) is 0 Å². The Labute approximate surface area is 118 Å². The molecule has 0 aromatic heterocycles. The van der Waals surface area contributed by atoms with E-state index < -0.39 is 11.5 Å². The second-order valence-electron chi connectivity index (χ2n) is 7.69. The molecule has 3 heteroatoms. The molecule has 0 saturated heterocycles. The van der Waals surface area contributed by atoms with Crippen molar-refractivity contribution in [2.45, 2.75) is 78.7 Å². The Morgan fingerprint density at radius 3 is 2.05 bits per heavy atom. The van der Waals surface area contributed by atoms with Gasteiger partial charge in [0.05, 0.1) is 6.42 Å². The molecular formula is C16H31NO2. The molecule has 19 heavy (non-hydrogen) atoms. The zero-order valence-electron chi connectivity index (χ0n) is 13.3. The van der Waals surface area contributed by atoms with E-state index in [1.807, 2.05) is 13.8 Å². The van der Waals surface area contributed by atoms with E-state index >= 15 is 0 Å². The van der Waals surface area contributed by atoms with Crippen LogP contribution >= 0.6 is 0 Å². The molecule has 0 aromatic carbocycles. The highest BCUT2D eigenvalue weighted by molar-refractivity contribution is 5.68. The van der Waals surface area contributed by atoms with Crippen LogP contribution in [0.25, 0.3) is 0 Å². The van der Waals surface area contributed by atoms with Gasteiger partial charge in [0.1, 0.15) is 0 Å². The van der Waals surface area contributed by atoms with Crippen LogP contribution in [0.4, 0.5) is 0 Å². The molecular weight excluding hydrogens is 238 g/mol. The second-order valence-corrected chi connectivity index (χ2v) is 7.69. The average Bonchev–Trinajstić information content (AvgIpc) is 2.27. The number of carboxylic acids is 1. The normalized spacial score (nSPS) is 29.3. The number of hydrogen-bond acceptors (Lipinski definition) is 2. The Morgan fingerprint density at radius 2 is 1.74 bits per heavy atom. The average molecular weight is 269 g/mol. The molecule has 0 atom stereocenters. The van der Waals surface area contributed by atoms with Crippen molar-refractivity contribution in [1.29, 1.82) is 0 Å². The van der Waals surface area contributed by atoms with Gasteiger partial charge >= 0.3 is 5.97 Å². The standard InChI is InChI=1S/C16H31NO2/c1-6-14(2,3)12-7-9-16(10-8-12,11-13(18)19)15(4,5)17/h12H,6-11,17H2,1-5H3,(H,18,19). The van der Waals surface area contributed by atoms with Gasteiger partial charge in [-0.15, -0.1) is 0 Å². The highest BCUT2D eigenvalue weighted by Crippen LogP contribution is 2.52. The number of carboxylic acid groups (broad SMARTS) is 1. The maximum atomic E-state index is 11.2. The minimum atomic E-state index is -0.716. The van der Waals surface area contributed by atoms with Crippen molar-refractivity contribution in [3.05, 3.63) is 0 Å². The van der Waals surface area contributed by atoms with Crippen LogP contribution in [-0.2, 0) is 4.79 Å². The molecule has 0 aromatic rings. The quantitative estimate of drug-likeness (QED) is 0.797. The molecule has 112 valence electrons. The SMILES string of the molecule is CCC(C)(C)C1CCC(CC(=O)O)(C(C)(C)N)CC1. The van der Waals surface area contributed by atoms with Gasteiger partial charge in [-0.05, 0) is 56.3 Å². The summed E-state index contributed by atoms with van der Waals surface area (Å²) in [5, 5.41) is 9.21. The molecule has 0 aliphatic heterocycles. The van der Waals surface area contributed by atoms with Crippen LogP contribution < -0.4 is 5.73 Å². The first-order valence-electron chi connectivity index (χ1n) is 7.55. The Balaban J connectivity index is 2.84. The summed E-state index contributed by atoms with van der Waals surface area (Å²) >= 11 is 0. The lowest BCUT2D eigenvalue weighted by atomic mass is 9.56. The zero-order chi connectivity index (χ0) is 14.9. The van der Waals surface area contributed by atoms with E-state index in [0.717, 1.165) is 25.7 Å². The molecule has 0 radical (unpaired) electrons. The second kappa shape index (κ2) is 5.43. The fourth-order valence-electron chi connectivity index (χ4n) is 3.58. The van der Waals surface area contributed by atoms with Crippen LogP contribution in [-0.4, -0.2) is 16.6 Å². The first kappa shape index (κ1) is 16.5. The van der Waals surface area contributed by atoms with Crippen LogP contribution in [0, 0.1) is 16.7 Å². The van der Waals surface area contributed by atoms with Crippen molar-refractivity contribution in [3.8, 4) is 0 Å². The van der Waals surface area contributed by atoms with Crippen LogP contribution in [0.3, 0.4) is 0 Å². The van der Waals surface area contributed by atoms with Crippen molar-refractivity contribution in [2.75, 3.05) is 0 Å². The number of carbonyl (C=O) groups is 1. The smallest absolute Gasteiger partial charge is 0.303 e.